The molecule has 4 nitrogen and oxygen atoms in total. The van der Waals surface area contributed by atoms with Crippen molar-refractivity contribution in [3.63, 3.8) is 0 Å². The number of rotatable bonds is 4. The summed E-state index contributed by atoms with van der Waals surface area (Å²) in [6, 6.07) is 0. The van der Waals surface area contributed by atoms with E-state index in [2.05, 4.69) is 4.98 Å². The molecule has 1 aromatic rings. The molecule has 5 heteroatoms. The monoisotopic (exact) mass is 240 g/mol. The first-order valence-electron chi connectivity index (χ1n) is 5.65. The molecule has 1 aliphatic rings. The Balaban J connectivity index is 2.26. The molecule has 0 saturated heterocycles. The Morgan fingerprint density at radius 1 is 1.50 bits per heavy atom. The second-order valence-electron chi connectivity index (χ2n) is 4.15. The van der Waals surface area contributed by atoms with Gasteiger partial charge in [0.05, 0.1) is 5.01 Å². The third kappa shape index (κ3) is 2.25. The summed E-state index contributed by atoms with van der Waals surface area (Å²) in [7, 11) is 0. The Labute approximate surface area is 98.5 Å². The fraction of sp³-hybridized carbons (Fsp3) is 0.636. The van der Waals surface area contributed by atoms with Crippen LogP contribution in [-0.2, 0) is 6.42 Å². The lowest BCUT2D eigenvalue weighted by Gasteiger charge is -2.02. The molecule has 16 heavy (non-hydrogen) atoms. The summed E-state index contributed by atoms with van der Waals surface area (Å²) in [6.07, 6.45) is 5.38. The zero-order chi connectivity index (χ0) is 11.5. The Morgan fingerprint density at radius 2 is 2.19 bits per heavy atom. The number of carbonyl (C=O) groups is 1. The Hall–Kier alpha value is -0.940. The van der Waals surface area contributed by atoms with Gasteiger partial charge >= 0.3 is 5.97 Å². The topological polar surface area (TPSA) is 76.2 Å². The van der Waals surface area contributed by atoms with Crippen molar-refractivity contribution in [2.24, 2.45) is 5.73 Å². The van der Waals surface area contributed by atoms with Crippen molar-refractivity contribution in [2.75, 3.05) is 6.54 Å². The number of hydrogen-bond donors (Lipinski definition) is 2. The molecule has 1 fully saturated rings. The lowest BCUT2D eigenvalue weighted by Crippen LogP contribution is -2.06. The molecule has 0 unspecified atom stereocenters. The maximum atomic E-state index is 11.0. The van der Waals surface area contributed by atoms with Crippen molar-refractivity contribution >= 4 is 17.3 Å². The molecule has 3 N–H and O–H groups in total. The Morgan fingerprint density at radius 3 is 2.75 bits per heavy atom. The van der Waals surface area contributed by atoms with E-state index in [1.807, 2.05) is 0 Å². The van der Waals surface area contributed by atoms with Crippen molar-refractivity contribution in [3.8, 4) is 0 Å². The molecule has 1 aromatic heterocycles. The summed E-state index contributed by atoms with van der Waals surface area (Å²) in [6.45, 7) is 0.479. The van der Waals surface area contributed by atoms with Gasteiger partial charge in [-0.05, 0) is 25.8 Å². The van der Waals surface area contributed by atoms with Crippen molar-refractivity contribution in [1.29, 1.82) is 0 Å². The van der Waals surface area contributed by atoms with E-state index < -0.39 is 5.97 Å². The third-order valence-corrected chi connectivity index (χ3v) is 4.27. The average molecular weight is 240 g/mol. The zero-order valence-electron chi connectivity index (χ0n) is 9.11. The van der Waals surface area contributed by atoms with Gasteiger partial charge in [-0.25, -0.2) is 9.78 Å². The van der Waals surface area contributed by atoms with Gasteiger partial charge in [0.25, 0.3) is 0 Å². The second-order valence-corrected chi connectivity index (χ2v) is 5.26. The van der Waals surface area contributed by atoms with Gasteiger partial charge in [-0.3, -0.25) is 0 Å². The Bertz CT molecular complexity index is 383. The van der Waals surface area contributed by atoms with Crippen LogP contribution in [0.2, 0.25) is 0 Å². The van der Waals surface area contributed by atoms with E-state index in [1.165, 1.54) is 24.2 Å². The summed E-state index contributed by atoms with van der Waals surface area (Å²) in [5, 5.41) is 10.1. The van der Waals surface area contributed by atoms with Crippen molar-refractivity contribution in [1.82, 2.24) is 4.98 Å². The van der Waals surface area contributed by atoms with Crippen molar-refractivity contribution in [3.05, 3.63) is 15.6 Å². The third-order valence-electron chi connectivity index (χ3n) is 2.99. The van der Waals surface area contributed by atoms with Crippen LogP contribution in [0.3, 0.4) is 0 Å². The van der Waals surface area contributed by atoms with Gasteiger partial charge in [-0.15, -0.1) is 11.3 Å². The molecule has 0 radical (unpaired) electrons. The second kappa shape index (κ2) is 4.93. The van der Waals surface area contributed by atoms with Gasteiger partial charge in [0.15, 0.2) is 5.69 Å². The summed E-state index contributed by atoms with van der Waals surface area (Å²) >= 11 is 1.54. The molecule has 0 amide bonds. The summed E-state index contributed by atoms with van der Waals surface area (Å²) < 4.78 is 0. The molecule has 0 atom stereocenters. The van der Waals surface area contributed by atoms with E-state index in [4.69, 9.17) is 10.8 Å². The van der Waals surface area contributed by atoms with Gasteiger partial charge in [0.1, 0.15) is 0 Å². The minimum absolute atomic E-state index is 0.220. The molecular formula is C11H16N2O2S. The molecule has 2 rings (SSSR count). The highest BCUT2D eigenvalue weighted by atomic mass is 32.1. The van der Waals surface area contributed by atoms with Gasteiger partial charge in [-0.1, -0.05) is 12.8 Å². The molecule has 1 heterocycles. The molecule has 1 aliphatic carbocycles. The summed E-state index contributed by atoms with van der Waals surface area (Å²) in [5.74, 6) is -0.446. The predicted molar refractivity (Wildman–Crippen MR) is 63.0 cm³/mol. The van der Waals surface area contributed by atoms with Gasteiger partial charge in [0, 0.05) is 10.8 Å². The van der Waals surface area contributed by atoms with E-state index in [0.717, 1.165) is 22.7 Å². The van der Waals surface area contributed by atoms with E-state index in [9.17, 15) is 4.79 Å². The van der Waals surface area contributed by atoms with Crippen LogP contribution in [0.5, 0.6) is 0 Å². The fourth-order valence-corrected chi connectivity index (χ4v) is 3.43. The first-order valence-corrected chi connectivity index (χ1v) is 6.47. The van der Waals surface area contributed by atoms with E-state index in [1.54, 1.807) is 0 Å². The van der Waals surface area contributed by atoms with Crippen LogP contribution in [0, 0.1) is 0 Å². The highest BCUT2D eigenvalue weighted by Gasteiger charge is 2.24. The first kappa shape index (κ1) is 11.5. The zero-order valence-corrected chi connectivity index (χ0v) is 9.92. The Kier molecular flexibility index (Phi) is 3.56. The minimum Gasteiger partial charge on any atom is -0.476 e. The van der Waals surface area contributed by atoms with Crippen LogP contribution in [-0.4, -0.2) is 22.6 Å². The molecule has 0 aromatic carbocycles. The molecule has 88 valence electrons. The standard InChI is InChI=1S/C11H16N2O2S/c12-6-5-8-9(11(14)15)13-10(16-8)7-3-1-2-4-7/h7H,1-6,12H2,(H,14,15). The molecule has 1 saturated carbocycles. The normalized spacial score (nSPS) is 16.8. The van der Waals surface area contributed by atoms with E-state index >= 15 is 0 Å². The minimum atomic E-state index is -0.927. The molecule has 0 spiro atoms. The number of carboxylic acid groups (broad SMARTS) is 1. The van der Waals surface area contributed by atoms with Crippen molar-refractivity contribution in [2.45, 2.75) is 38.0 Å². The highest BCUT2D eigenvalue weighted by molar-refractivity contribution is 7.12. The van der Waals surface area contributed by atoms with Gasteiger partial charge in [0.2, 0.25) is 0 Å². The van der Waals surface area contributed by atoms with Crippen LogP contribution in [0.25, 0.3) is 0 Å². The highest BCUT2D eigenvalue weighted by Crippen LogP contribution is 2.37. The molecular weight excluding hydrogens is 224 g/mol. The van der Waals surface area contributed by atoms with Crippen LogP contribution in [0.1, 0.15) is 52.0 Å². The van der Waals surface area contributed by atoms with Crippen LogP contribution in [0.15, 0.2) is 0 Å². The molecule has 0 bridgehead atoms. The maximum Gasteiger partial charge on any atom is 0.355 e. The largest absolute Gasteiger partial charge is 0.476 e. The molecule has 0 aliphatic heterocycles. The number of thiazole rings is 1. The number of nitrogens with zero attached hydrogens (tertiary/aromatic N) is 1. The number of hydrogen-bond acceptors (Lipinski definition) is 4. The number of aromatic nitrogens is 1. The van der Waals surface area contributed by atoms with Crippen LogP contribution >= 0.6 is 11.3 Å². The van der Waals surface area contributed by atoms with Crippen LogP contribution in [0.4, 0.5) is 0 Å². The lowest BCUT2D eigenvalue weighted by molar-refractivity contribution is 0.0690. The number of nitrogens with two attached hydrogens (primary N) is 1. The van der Waals surface area contributed by atoms with Gasteiger partial charge < -0.3 is 10.8 Å². The van der Waals surface area contributed by atoms with Crippen molar-refractivity contribution < 1.29 is 9.90 Å². The quantitative estimate of drug-likeness (QED) is 0.844. The van der Waals surface area contributed by atoms with E-state index in [0.29, 0.717) is 18.9 Å². The number of aromatic carboxylic acids is 1. The number of carboxylic acids is 1. The van der Waals surface area contributed by atoms with Gasteiger partial charge in [-0.2, -0.15) is 0 Å². The first-order chi connectivity index (χ1) is 7.72. The lowest BCUT2D eigenvalue weighted by atomic mass is 10.1. The van der Waals surface area contributed by atoms with Crippen LogP contribution < -0.4 is 5.73 Å². The summed E-state index contributed by atoms with van der Waals surface area (Å²) in [5.41, 5.74) is 5.70. The average Bonchev–Trinajstić information content (AvgIpc) is 2.83. The fourth-order valence-electron chi connectivity index (χ4n) is 2.18. The van der Waals surface area contributed by atoms with E-state index in [-0.39, 0.29) is 5.69 Å². The predicted octanol–water partition coefficient (Wildman–Crippen LogP) is 2.00. The summed E-state index contributed by atoms with van der Waals surface area (Å²) in [4.78, 5) is 16.1. The smallest absolute Gasteiger partial charge is 0.355 e. The SMILES string of the molecule is NCCc1sc(C2CCCC2)nc1C(=O)O. The maximum absolute atomic E-state index is 11.0.